The summed E-state index contributed by atoms with van der Waals surface area (Å²) < 4.78 is 5.13. The molecule has 126 valence electrons. The van der Waals surface area contributed by atoms with E-state index in [4.69, 9.17) is 4.74 Å². The van der Waals surface area contributed by atoms with Gasteiger partial charge in [0.1, 0.15) is 11.8 Å². The highest BCUT2D eigenvalue weighted by Gasteiger charge is 2.58. The van der Waals surface area contributed by atoms with Crippen LogP contribution in [0.5, 0.6) is 0 Å². The number of carbonyl (C=O) groups is 3. The van der Waals surface area contributed by atoms with Crippen LogP contribution in [0.4, 0.5) is 0 Å². The summed E-state index contributed by atoms with van der Waals surface area (Å²) in [4.78, 5) is 37.2. The summed E-state index contributed by atoms with van der Waals surface area (Å²) in [6.07, 6.45) is 0.992. The number of amides is 1. The Kier molecular flexibility index (Phi) is 4.37. The second kappa shape index (κ2) is 6.16. The number of thioether (sulfide) groups is 1. The summed E-state index contributed by atoms with van der Waals surface area (Å²) in [6, 6.07) is -0.209. The van der Waals surface area contributed by atoms with Gasteiger partial charge in [0.05, 0.1) is 12.0 Å². The van der Waals surface area contributed by atoms with Crippen LogP contribution in [0.15, 0.2) is 10.6 Å². The van der Waals surface area contributed by atoms with Gasteiger partial charge in [0.2, 0.25) is 5.91 Å². The fourth-order valence-electron chi connectivity index (χ4n) is 3.59. The van der Waals surface area contributed by atoms with E-state index >= 15 is 0 Å². The van der Waals surface area contributed by atoms with Crippen LogP contribution < -0.4 is 5.32 Å². The zero-order chi connectivity index (χ0) is 16.7. The molecule has 0 aromatic heterocycles. The van der Waals surface area contributed by atoms with Crippen molar-refractivity contribution in [2.45, 2.75) is 44.1 Å². The monoisotopic (exact) mass is 340 g/mol. The number of hydrogen-bond donors (Lipinski definition) is 2. The Bertz CT molecular complexity index is 584. The molecule has 3 unspecified atom stereocenters. The van der Waals surface area contributed by atoms with Crippen LogP contribution >= 0.6 is 11.8 Å². The first-order valence-corrected chi connectivity index (χ1v) is 8.62. The summed E-state index contributed by atoms with van der Waals surface area (Å²) in [5, 5.41) is 13.1. The molecule has 4 atom stereocenters. The highest BCUT2D eigenvalue weighted by atomic mass is 32.2. The van der Waals surface area contributed by atoms with Crippen molar-refractivity contribution < 1.29 is 24.2 Å². The largest absolute Gasteiger partial charge is 0.477 e. The van der Waals surface area contributed by atoms with Gasteiger partial charge in [-0.25, -0.2) is 4.79 Å². The molecule has 0 aliphatic carbocycles. The van der Waals surface area contributed by atoms with Gasteiger partial charge >= 0.3 is 11.9 Å². The average molecular weight is 340 g/mol. The van der Waals surface area contributed by atoms with Crippen molar-refractivity contribution in [2.75, 3.05) is 13.1 Å². The number of carboxylic acid groups (broad SMARTS) is 1. The summed E-state index contributed by atoms with van der Waals surface area (Å²) in [7, 11) is 0. The first-order valence-electron chi connectivity index (χ1n) is 7.74. The third-order valence-electron chi connectivity index (χ3n) is 4.55. The van der Waals surface area contributed by atoms with Gasteiger partial charge in [-0.05, 0) is 19.9 Å². The van der Waals surface area contributed by atoms with Gasteiger partial charge in [0.15, 0.2) is 0 Å². The van der Waals surface area contributed by atoms with E-state index in [0.717, 1.165) is 24.4 Å². The maximum Gasteiger partial charge on any atom is 0.353 e. The molecule has 8 heteroatoms. The van der Waals surface area contributed by atoms with Crippen molar-refractivity contribution in [3.05, 3.63) is 10.6 Å². The van der Waals surface area contributed by atoms with Crippen molar-refractivity contribution >= 4 is 29.6 Å². The fourth-order valence-corrected chi connectivity index (χ4v) is 4.99. The summed E-state index contributed by atoms with van der Waals surface area (Å²) in [6.45, 7) is 4.79. The standard InChI is InChI=1S/C15H20N2O5S/c1-7(22-8(2)18)12-10-5-11(23-9-3-4-16-6-9)13(15(20)21)17(10)14(12)19/h7,9-10,12,16H,3-6H2,1-2H3,(H,20,21)/t7?,9?,10-,12?/m1/s1. The predicted octanol–water partition coefficient (Wildman–Crippen LogP) is 0.560. The summed E-state index contributed by atoms with van der Waals surface area (Å²) >= 11 is 1.56. The van der Waals surface area contributed by atoms with E-state index in [-0.39, 0.29) is 17.6 Å². The average Bonchev–Trinajstić information content (AvgIpc) is 3.04. The van der Waals surface area contributed by atoms with Crippen LogP contribution in [-0.4, -0.2) is 58.3 Å². The van der Waals surface area contributed by atoms with E-state index in [2.05, 4.69) is 5.32 Å². The van der Waals surface area contributed by atoms with E-state index < -0.39 is 24.0 Å². The van der Waals surface area contributed by atoms with Crippen molar-refractivity contribution in [1.82, 2.24) is 10.2 Å². The number of β-lactam (4-membered cyclic amide) rings is 1. The van der Waals surface area contributed by atoms with Gasteiger partial charge in [0.25, 0.3) is 0 Å². The van der Waals surface area contributed by atoms with E-state index in [1.165, 1.54) is 11.8 Å². The Morgan fingerprint density at radius 3 is 2.78 bits per heavy atom. The van der Waals surface area contributed by atoms with Gasteiger partial charge in [-0.15, -0.1) is 11.8 Å². The minimum atomic E-state index is -1.06. The molecule has 0 spiro atoms. The van der Waals surface area contributed by atoms with E-state index in [1.54, 1.807) is 18.7 Å². The van der Waals surface area contributed by atoms with E-state index in [1.807, 2.05) is 0 Å². The molecule has 0 aromatic rings. The molecule has 0 aromatic carbocycles. The number of fused-ring (bicyclic) bond motifs is 1. The van der Waals surface area contributed by atoms with E-state index in [9.17, 15) is 19.5 Å². The van der Waals surface area contributed by atoms with Crippen LogP contribution in [0.25, 0.3) is 0 Å². The SMILES string of the molecule is CC(=O)OC(C)C1C(=O)N2C(C(=O)O)=C(SC3CCNC3)C[C@H]12. The molecular formula is C15H20N2O5S. The molecule has 23 heavy (non-hydrogen) atoms. The molecule has 3 aliphatic rings. The van der Waals surface area contributed by atoms with Crippen molar-refractivity contribution in [3.63, 3.8) is 0 Å². The lowest BCUT2D eigenvalue weighted by atomic mass is 9.83. The number of esters is 1. The van der Waals surface area contributed by atoms with Crippen LogP contribution in [0, 0.1) is 5.92 Å². The third-order valence-corrected chi connectivity index (χ3v) is 5.93. The molecule has 0 bridgehead atoms. The second-order valence-corrected chi connectivity index (χ2v) is 7.52. The van der Waals surface area contributed by atoms with Gasteiger partial charge in [0, 0.05) is 30.0 Å². The molecule has 3 heterocycles. The van der Waals surface area contributed by atoms with Crippen molar-refractivity contribution in [1.29, 1.82) is 0 Å². The Morgan fingerprint density at radius 2 is 2.22 bits per heavy atom. The molecule has 7 nitrogen and oxygen atoms in total. The van der Waals surface area contributed by atoms with E-state index in [0.29, 0.717) is 11.7 Å². The van der Waals surface area contributed by atoms with Crippen molar-refractivity contribution in [3.8, 4) is 0 Å². The lowest BCUT2D eigenvalue weighted by molar-refractivity contribution is -0.169. The number of ether oxygens (including phenoxy) is 1. The molecule has 2 fully saturated rings. The lowest BCUT2D eigenvalue weighted by Gasteiger charge is -2.45. The number of carboxylic acids is 1. The molecule has 2 saturated heterocycles. The number of carbonyl (C=O) groups excluding carboxylic acids is 2. The van der Waals surface area contributed by atoms with Gasteiger partial charge < -0.3 is 20.1 Å². The molecular weight excluding hydrogens is 320 g/mol. The minimum absolute atomic E-state index is 0.114. The third kappa shape index (κ3) is 2.85. The summed E-state index contributed by atoms with van der Waals surface area (Å²) in [5.41, 5.74) is 0.114. The smallest absolute Gasteiger partial charge is 0.353 e. The fraction of sp³-hybridized carbons (Fsp3) is 0.667. The molecule has 3 aliphatic heterocycles. The van der Waals surface area contributed by atoms with Crippen molar-refractivity contribution in [2.24, 2.45) is 5.92 Å². The zero-order valence-electron chi connectivity index (χ0n) is 13.1. The Morgan fingerprint density at radius 1 is 1.48 bits per heavy atom. The van der Waals surface area contributed by atoms with Crippen LogP contribution in [0.1, 0.15) is 26.7 Å². The highest BCUT2D eigenvalue weighted by molar-refractivity contribution is 8.03. The first-order chi connectivity index (χ1) is 10.9. The Labute approximate surface area is 138 Å². The normalized spacial score (nSPS) is 31.0. The number of nitrogens with zero attached hydrogens (tertiary/aromatic N) is 1. The van der Waals surface area contributed by atoms with Crippen LogP contribution in [0.2, 0.25) is 0 Å². The highest BCUT2D eigenvalue weighted by Crippen LogP contribution is 2.48. The summed E-state index contributed by atoms with van der Waals surface area (Å²) in [5.74, 6) is -2.21. The number of nitrogens with one attached hydrogen (secondary N) is 1. The first kappa shape index (κ1) is 16.3. The van der Waals surface area contributed by atoms with Gasteiger partial charge in [-0.1, -0.05) is 0 Å². The molecule has 0 saturated carbocycles. The maximum absolute atomic E-state index is 12.4. The second-order valence-electron chi connectivity index (χ2n) is 6.13. The van der Waals surface area contributed by atoms with Crippen LogP contribution in [0.3, 0.4) is 0 Å². The Balaban J connectivity index is 1.76. The quantitative estimate of drug-likeness (QED) is 0.558. The Hall–Kier alpha value is -1.54. The topological polar surface area (TPSA) is 95.9 Å². The van der Waals surface area contributed by atoms with Gasteiger partial charge in [-0.3, -0.25) is 9.59 Å². The predicted molar refractivity (Wildman–Crippen MR) is 83.5 cm³/mol. The number of rotatable bonds is 5. The molecule has 1 amide bonds. The maximum atomic E-state index is 12.4. The van der Waals surface area contributed by atoms with Gasteiger partial charge in [-0.2, -0.15) is 0 Å². The molecule has 0 radical (unpaired) electrons. The zero-order valence-corrected chi connectivity index (χ0v) is 13.9. The number of aliphatic carboxylic acids is 1. The molecule has 2 N–H and O–H groups in total. The molecule has 3 rings (SSSR count). The minimum Gasteiger partial charge on any atom is -0.477 e. The number of hydrogen-bond acceptors (Lipinski definition) is 6. The van der Waals surface area contributed by atoms with Crippen LogP contribution in [-0.2, 0) is 19.1 Å². The lowest BCUT2D eigenvalue weighted by Crippen LogP contribution is -2.62.